The molecule has 0 aliphatic carbocycles. The second-order valence-electron chi connectivity index (χ2n) is 5.09. The quantitative estimate of drug-likeness (QED) is 0.403. The molecule has 2 aromatic carbocycles. The Bertz CT molecular complexity index is 810. The molecule has 0 unspecified atom stereocenters. The third-order valence-corrected chi connectivity index (χ3v) is 4.19. The molecule has 6 heteroatoms. The molecule has 1 amide bonds. The van der Waals surface area contributed by atoms with Crippen LogP contribution in [0.15, 0.2) is 54.2 Å². The molecule has 2 aromatic rings. The average molecular weight is 452 g/mol. The molecular formula is C18H15ClIN3O. The molecule has 0 bridgehead atoms. The summed E-state index contributed by atoms with van der Waals surface area (Å²) in [5.74, 6) is -0.439. The van der Waals surface area contributed by atoms with Crippen LogP contribution in [0.25, 0.3) is 0 Å². The van der Waals surface area contributed by atoms with Crippen molar-refractivity contribution in [3.63, 3.8) is 0 Å². The summed E-state index contributed by atoms with van der Waals surface area (Å²) in [6.45, 7) is 2.41. The van der Waals surface area contributed by atoms with Gasteiger partial charge in [-0.1, -0.05) is 23.7 Å². The van der Waals surface area contributed by atoms with E-state index in [1.807, 2.05) is 43.3 Å². The highest BCUT2D eigenvalue weighted by Crippen LogP contribution is 2.18. The first-order valence-corrected chi connectivity index (χ1v) is 8.61. The van der Waals surface area contributed by atoms with Gasteiger partial charge in [-0.2, -0.15) is 5.26 Å². The lowest BCUT2D eigenvalue weighted by Crippen LogP contribution is -2.17. The minimum atomic E-state index is -0.439. The molecule has 0 saturated carbocycles. The predicted molar refractivity (Wildman–Crippen MR) is 105 cm³/mol. The monoisotopic (exact) mass is 451 g/mol. The minimum Gasteiger partial charge on any atom is -0.386 e. The van der Waals surface area contributed by atoms with E-state index in [9.17, 15) is 10.1 Å². The number of hydrogen-bond donors (Lipinski definition) is 2. The summed E-state index contributed by atoms with van der Waals surface area (Å²) in [7, 11) is 0. The largest absolute Gasteiger partial charge is 0.386 e. The molecule has 2 rings (SSSR count). The summed E-state index contributed by atoms with van der Waals surface area (Å²) in [6.07, 6.45) is 1.42. The first-order chi connectivity index (χ1) is 11.5. The van der Waals surface area contributed by atoms with Crippen molar-refractivity contribution in [2.75, 3.05) is 5.32 Å². The number of nitriles is 1. The van der Waals surface area contributed by atoms with Gasteiger partial charge in [0.05, 0.1) is 0 Å². The highest BCUT2D eigenvalue weighted by atomic mass is 127. The smallest absolute Gasteiger partial charge is 0.267 e. The van der Waals surface area contributed by atoms with Gasteiger partial charge in [0.25, 0.3) is 5.91 Å². The van der Waals surface area contributed by atoms with Gasteiger partial charge < -0.3 is 10.6 Å². The Balaban J connectivity index is 2.00. The number of nitrogens with zero attached hydrogens (tertiary/aromatic N) is 1. The summed E-state index contributed by atoms with van der Waals surface area (Å²) in [4.78, 5) is 12.2. The van der Waals surface area contributed by atoms with Gasteiger partial charge in [0.15, 0.2) is 0 Å². The first-order valence-electron chi connectivity index (χ1n) is 7.15. The molecule has 24 heavy (non-hydrogen) atoms. The Morgan fingerprint density at radius 1 is 1.29 bits per heavy atom. The number of amides is 1. The van der Waals surface area contributed by atoms with Gasteiger partial charge in [-0.15, -0.1) is 0 Å². The Morgan fingerprint density at radius 3 is 2.62 bits per heavy atom. The molecule has 0 fully saturated rings. The number of hydrogen-bond acceptors (Lipinski definition) is 3. The van der Waals surface area contributed by atoms with E-state index in [1.165, 1.54) is 6.20 Å². The number of rotatable bonds is 5. The number of carbonyl (C=O) groups is 1. The fraction of sp³-hybridized carbons (Fsp3) is 0.111. The lowest BCUT2D eigenvalue weighted by Gasteiger charge is -2.08. The highest BCUT2D eigenvalue weighted by molar-refractivity contribution is 14.1. The Labute approximate surface area is 159 Å². The van der Waals surface area contributed by atoms with Crippen LogP contribution in [0.4, 0.5) is 5.69 Å². The van der Waals surface area contributed by atoms with Crippen molar-refractivity contribution in [1.29, 1.82) is 5.26 Å². The van der Waals surface area contributed by atoms with Crippen LogP contribution in [0.1, 0.15) is 11.1 Å². The van der Waals surface area contributed by atoms with Crippen LogP contribution in [-0.2, 0) is 11.3 Å². The van der Waals surface area contributed by atoms with Crippen molar-refractivity contribution >= 4 is 45.8 Å². The topological polar surface area (TPSA) is 64.9 Å². The number of nitrogens with one attached hydrogen (secondary N) is 2. The molecule has 0 spiro atoms. The molecule has 0 atom stereocenters. The van der Waals surface area contributed by atoms with Gasteiger partial charge in [-0.05, 0) is 71.0 Å². The zero-order chi connectivity index (χ0) is 17.5. The van der Waals surface area contributed by atoms with Gasteiger partial charge in [0.2, 0.25) is 0 Å². The number of carbonyl (C=O) groups excluding carboxylic acids is 1. The molecule has 0 aliphatic rings. The maximum Gasteiger partial charge on any atom is 0.267 e. The first kappa shape index (κ1) is 18.3. The molecule has 2 N–H and O–H groups in total. The van der Waals surface area contributed by atoms with Crippen molar-refractivity contribution in [2.45, 2.75) is 13.5 Å². The van der Waals surface area contributed by atoms with E-state index < -0.39 is 5.91 Å². The van der Waals surface area contributed by atoms with Crippen molar-refractivity contribution in [2.24, 2.45) is 0 Å². The Hall–Kier alpha value is -2.04. The number of aryl methyl sites for hydroxylation is 1. The number of benzene rings is 2. The number of anilines is 1. The van der Waals surface area contributed by atoms with Crippen LogP contribution in [0.2, 0.25) is 5.02 Å². The van der Waals surface area contributed by atoms with E-state index in [1.54, 1.807) is 12.1 Å². The van der Waals surface area contributed by atoms with E-state index in [0.29, 0.717) is 17.3 Å². The van der Waals surface area contributed by atoms with Crippen LogP contribution in [0, 0.1) is 21.8 Å². The maximum absolute atomic E-state index is 12.2. The summed E-state index contributed by atoms with van der Waals surface area (Å²) < 4.78 is 1.09. The lowest BCUT2D eigenvalue weighted by atomic mass is 10.2. The zero-order valence-corrected chi connectivity index (χ0v) is 15.9. The van der Waals surface area contributed by atoms with E-state index in [-0.39, 0.29) is 5.57 Å². The second kappa shape index (κ2) is 8.71. The van der Waals surface area contributed by atoms with Crippen LogP contribution < -0.4 is 10.6 Å². The van der Waals surface area contributed by atoms with E-state index in [2.05, 4.69) is 33.2 Å². The van der Waals surface area contributed by atoms with Gasteiger partial charge >= 0.3 is 0 Å². The van der Waals surface area contributed by atoms with Gasteiger partial charge in [-0.25, -0.2) is 0 Å². The average Bonchev–Trinajstić information content (AvgIpc) is 2.56. The van der Waals surface area contributed by atoms with Crippen LogP contribution in [-0.4, -0.2) is 5.91 Å². The predicted octanol–water partition coefficient (Wildman–Crippen LogP) is 4.39. The molecule has 0 aromatic heterocycles. The third kappa shape index (κ3) is 5.25. The SMILES string of the molecule is Cc1cc(I)ccc1NC(=O)/C(C#N)=C\NCc1ccc(Cl)cc1. The number of halogens is 2. The molecule has 0 radical (unpaired) electrons. The van der Waals surface area contributed by atoms with Gasteiger partial charge in [-0.3, -0.25) is 4.79 Å². The Kier molecular flexibility index (Phi) is 6.64. The third-order valence-electron chi connectivity index (χ3n) is 3.27. The van der Waals surface area contributed by atoms with Crippen molar-refractivity contribution < 1.29 is 4.79 Å². The Morgan fingerprint density at radius 2 is 2.00 bits per heavy atom. The van der Waals surface area contributed by atoms with Crippen LogP contribution in [0.5, 0.6) is 0 Å². The maximum atomic E-state index is 12.2. The summed E-state index contributed by atoms with van der Waals surface area (Å²) in [6, 6.07) is 14.9. The second-order valence-corrected chi connectivity index (χ2v) is 6.77. The van der Waals surface area contributed by atoms with Gasteiger partial charge in [0.1, 0.15) is 11.6 Å². The molecule has 0 heterocycles. The minimum absolute atomic E-state index is 0.0157. The summed E-state index contributed by atoms with van der Waals surface area (Å²) in [5, 5.41) is 15.6. The molecule has 122 valence electrons. The van der Waals surface area contributed by atoms with Gasteiger partial charge in [0, 0.05) is 27.0 Å². The fourth-order valence-corrected chi connectivity index (χ4v) is 2.75. The van der Waals surface area contributed by atoms with Crippen molar-refractivity contribution in [3.8, 4) is 6.07 Å². The normalized spacial score (nSPS) is 10.8. The molecule has 4 nitrogen and oxygen atoms in total. The summed E-state index contributed by atoms with van der Waals surface area (Å²) >= 11 is 8.04. The van der Waals surface area contributed by atoms with E-state index >= 15 is 0 Å². The van der Waals surface area contributed by atoms with Crippen molar-refractivity contribution in [1.82, 2.24) is 5.32 Å². The summed E-state index contributed by atoms with van der Waals surface area (Å²) in [5.41, 5.74) is 2.66. The lowest BCUT2D eigenvalue weighted by molar-refractivity contribution is -0.112. The molecule has 0 aliphatic heterocycles. The molecule has 0 saturated heterocycles. The van der Waals surface area contributed by atoms with E-state index in [0.717, 1.165) is 14.7 Å². The standard InChI is InChI=1S/C18H15ClIN3O/c1-12-8-16(20)6-7-17(12)23-18(24)14(9-21)11-22-10-13-2-4-15(19)5-3-13/h2-8,11,22H,10H2,1H3,(H,23,24)/b14-11-. The highest BCUT2D eigenvalue weighted by Gasteiger charge is 2.10. The van der Waals surface area contributed by atoms with Crippen LogP contribution >= 0.6 is 34.2 Å². The zero-order valence-electron chi connectivity index (χ0n) is 12.9. The van der Waals surface area contributed by atoms with Crippen LogP contribution in [0.3, 0.4) is 0 Å². The van der Waals surface area contributed by atoms with Crippen molar-refractivity contribution in [3.05, 3.63) is 74.0 Å². The molecular weight excluding hydrogens is 437 g/mol. The fourth-order valence-electron chi connectivity index (χ4n) is 1.98. The van der Waals surface area contributed by atoms with E-state index in [4.69, 9.17) is 11.6 Å².